The summed E-state index contributed by atoms with van der Waals surface area (Å²) in [5.41, 5.74) is 1.32. The molecule has 1 atom stereocenters. The van der Waals surface area contributed by atoms with Gasteiger partial charge in [0.2, 0.25) is 0 Å². The lowest BCUT2D eigenvalue weighted by molar-refractivity contribution is 0.0936. The molecule has 5 nitrogen and oxygen atoms in total. The van der Waals surface area contributed by atoms with Gasteiger partial charge in [-0.2, -0.15) is 0 Å². The summed E-state index contributed by atoms with van der Waals surface area (Å²) < 4.78 is 6.24. The van der Waals surface area contributed by atoms with E-state index in [2.05, 4.69) is 26.6 Å². The van der Waals surface area contributed by atoms with Crippen molar-refractivity contribution in [3.05, 3.63) is 87.8 Å². The van der Waals surface area contributed by atoms with Crippen LogP contribution >= 0.6 is 15.9 Å². The van der Waals surface area contributed by atoms with E-state index in [0.29, 0.717) is 27.0 Å². The van der Waals surface area contributed by atoms with Crippen molar-refractivity contribution in [1.82, 2.24) is 5.32 Å². The predicted octanol–water partition coefficient (Wildman–Crippen LogP) is 5.09. The van der Waals surface area contributed by atoms with Crippen molar-refractivity contribution in [3.8, 4) is 0 Å². The minimum atomic E-state index is -0.294. The number of benzene rings is 2. The zero-order chi connectivity index (χ0) is 19.4. The number of rotatable bonds is 5. The number of furan rings is 1. The Labute approximate surface area is 165 Å². The van der Waals surface area contributed by atoms with E-state index in [-0.39, 0.29) is 17.9 Å². The van der Waals surface area contributed by atoms with E-state index in [1.54, 1.807) is 42.5 Å². The first-order chi connectivity index (χ1) is 13.0. The molecule has 1 unspecified atom stereocenters. The van der Waals surface area contributed by atoms with Gasteiger partial charge in [0.1, 0.15) is 11.5 Å². The van der Waals surface area contributed by atoms with Gasteiger partial charge < -0.3 is 15.1 Å². The first-order valence-corrected chi connectivity index (χ1v) is 9.27. The molecule has 0 fully saturated rings. The molecule has 2 amide bonds. The van der Waals surface area contributed by atoms with Gasteiger partial charge in [-0.15, -0.1) is 0 Å². The summed E-state index contributed by atoms with van der Waals surface area (Å²) in [6.07, 6.45) is 0. The number of carbonyl (C=O) groups excluding carboxylic acids is 2. The zero-order valence-electron chi connectivity index (χ0n) is 15.0. The molecule has 138 valence electrons. The highest BCUT2D eigenvalue weighted by molar-refractivity contribution is 9.10. The largest absolute Gasteiger partial charge is 0.464 e. The van der Waals surface area contributed by atoms with Gasteiger partial charge in [0.05, 0.1) is 22.9 Å². The molecule has 2 aromatic carbocycles. The Kier molecular flexibility index (Phi) is 5.76. The Bertz CT molecular complexity index is 981. The van der Waals surface area contributed by atoms with E-state index in [0.717, 1.165) is 5.76 Å². The number of halogens is 1. The van der Waals surface area contributed by atoms with E-state index >= 15 is 0 Å². The van der Waals surface area contributed by atoms with E-state index in [1.165, 1.54) is 0 Å². The van der Waals surface area contributed by atoms with Crippen molar-refractivity contribution in [1.29, 1.82) is 0 Å². The first kappa shape index (κ1) is 18.9. The summed E-state index contributed by atoms with van der Waals surface area (Å²) in [7, 11) is 0. The van der Waals surface area contributed by atoms with Gasteiger partial charge in [0.15, 0.2) is 0 Å². The second-order valence-corrected chi connectivity index (χ2v) is 6.98. The Hall–Kier alpha value is -2.86. The lowest BCUT2D eigenvalue weighted by Gasteiger charge is -2.15. The van der Waals surface area contributed by atoms with Crippen LogP contribution in [0.2, 0.25) is 0 Å². The van der Waals surface area contributed by atoms with Crippen LogP contribution in [0.5, 0.6) is 0 Å². The fourth-order valence-electron chi connectivity index (χ4n) is 2.66. The maximum absolute atomic E-state index is 12.7. The molecule has 27 heavy (non-hydrogen) atoms. The molecule has 0 spiro atoms. The molecular formula is C21H19BrN2O3. The fourth-order valence-corrected chi connectivity index (χ4v) is 3.12. The van der Waals surface area contributed by atoms with Crippen molar-refractivity contribution in [2.45, 2.75) is 19.9 Å². The third kappa shape index (κ3) is 4.46. The fraction of sp³-hybridized carbons (Fsp3) is 0.143. The van der Waals surface area contributed by atoms with E-state index in [1.807, 2.05) is 32.0 Å². The molecule has 0 aliphatic rings. The molecular weight excluding hydrogens is 408 g/mol. The van der Waals surface area contributed by atoms with Crippen LogP contribution in [-0.4, -0.2) is 11.8 Å². The third-order valence-electron chi connectivity index (χ3n) is 4.07. The van der Waals surface area contributed by atoms with E-state index < -0.39 is 0 Å². The summed E-state index contributed by atoms with van der Waals surface area (Å²) in [4.78, 5) is 25.3. The summed E-state index contributed by atoms with van der Waals surface area (Å²) in [6, 6.07) is 17.4. The minimum Gasteiger partial charge on any atom is -0.464 e. The third-order valence-corrected chi connectivity index (χ3v) is 4.77. The van der Waals surface area contributed by atoms with E-state index in [9.17, 15) is 9.59 Å². The van der Waals surface area contributed by atoms with Crippen LogP contribution in [0.25, 0.3) is 0 Å². The van der Waals surface area contributed by atoms with E-state index in [4.69, 9.17) is 4.42 Å². The lowest BCUT2D eigenvalue weighted by Crippen LogP contribution is -2.27. The SMILES string of the molecule is Cc1ccc(C(C)NC(=O)c2ccccc2NC(=O)c2ccccc2Br)o1. The van der Waals surface area contributed by atoms with Gasteiger partial charge in [0, 0.05) is 4.47 Å². The lowest BCUT2D eigenvalue weighted by atomic mass is 10.1. The molecule has 0 bridgehead atoms. The second kappa shape index (κ2) is 8.22. The molecule has 3 rings (SSSR count). The van der Waals surface area contributed by atoms with Gasteiger partial charge in [-0.1, -0.05) is 24.3 Å². The number of carbonyl (C=O) groups is 2. The van der Waals surface area contributed by atoms with Crippen molar-refractivity contribution in [2.75, 3.05) is 5.32 Å². The number of aryl methyl sites for hydroxylation is 1. The van der Waals surface area contributed by atoms with Crippen molar-refractivity contribution < 1.29 is 14.0 Å². The van der Waals surface area contributed by atoms with Crippen LogP contribution in [0, 0.1) is 6.92 Å². The van der Waals surface area contributed by atoms with Crippen LogP contribution in [0.4, 0.5) is 5.69 Å². The topological polar surface area (TPSA) is 71.3 Å². The van der Waals surface area contributed by atoms with Gasteiger partial charge >= 0.3 is 0 Å². The second-order valence-electron chi connectivity index (χ2n) is 6.12. The average Bonchev–Trinajstić information content (AvgIpc) is 3.09. The van der Waals surface area contributed by atoms with Crippen LogP contribution in [-0.2, 0) is 0 Å². The van der Waals surface area contributed by atoms with Crippen LogP contribution in [0.1, 0.15) is 45.2 Å². The van der Waals surface area contributed by atoms with Gasteiger partial charge in [-0.25, -0.2) is 0 Å². The quantitative estimate of drug-likeness (QED) is 0.596. The molecule has 0 aliphatic heterocycles. The van der Waals surface area contributed by atoms with Crippen LogP contribution in [0.15, 0.2) is 69.6 Å². The van der Waals surface area contributed by atoms with Crippen molar-refractivity contribution in [3.63, 3.8) is 0 Å². The Morgan fingerprint density at radius 3 is 2.26 bits per heavy atom. The summed E-state index contributed by atoms with van der Waals surface area (Å²) in [6.45, 7) is 3.70. The Balaban J connectivity index is 1.78. The standard InChI is InChI=1S/C21H19BrN2O3/c1-13-11-12-19(27-13)14(2)23-21(26)16-8-4-6-10-18(16)24-20(25)15-7-3-5-9-17(15)22/h3-12,14H,1-2H3,(H,23,26)(H,24,25). The molecule has 0 radical (unpaired) electrons. The molecule has 0 aliphatic carbocycles. The Morgan fingerprint density at radius 2 is 1.59 bits per heavy atom. The normalized spacial score (nSPS) is 11.7. The zero-order valence-corrected chi connectivity index (χ0v) is 16.5. The monoisotopic (exact) mass is 426 g/mol. The summed E-state index contributed by atoms with van der Waals surface area (Å²) in [5, 5.41) is 5.71. The number of hydrogen-bond acceptors (Lipinski definition) is 3. The molecule has 1 aromatic heterocycles. The number of amides is 2. The summed E-state index contributed by atoms with van der Waals surface area (Å²) >= 11 is 3.37. The summed E-state index contributed by atoms with van der Waals surface area (Å²) in [5.74, 6) is 0.875. The highest BCUT2D eigenvalue weighted by Gasteiger charge is 2.18. The molecule has 3 aromatic rings. The van der Waals surface area contributed by atoms with Gasteiger partial charge in [-0.3, -0.25) is 9.59 Å². The average molecular weight is 427 g/mol. The Morgan fingerprint density at radius 1 is 0.926 bits per heavy atom. The minimum absolute atomic E-state index is 0.292. The molecule has 1 heterocycles. The van der Waals surface area contributed by atoms with Crippen molar-refractivity contribution in [2.24, 2.45) is 0 Å². The maximum atomic E-state index is 12.7. The molecule has 0 saturated carbocycles. The molecule has 6 heteroatoms. The first-order valence-electron chi connectivity index (χ1n) is 8.48. The van der Waals surface area contributed by atoms with Gasteiger partial charge in [-0.05, 0) is 66.2 Å². The number of anilines is 1. The maximum Gasteiger partial charge on any atom is 0.256 e. The highest BCUT2D eigenvalue weighted by atomic mass is 79.9. The molecule has 0 saturated heterocycles. The number of hydrogen-bond donors (Lipinski definition) is 2. The number of nitrogens with one attached hydrogen (secondary N) is 2. The predicted molar refractivity (Wildman–Crippen MR) is 108 cm³/mol. The highest BCUT2D eigenvalue weighted by Crippen LogP contribution is 2.22. The van der Waals surface area contributed by atoms with Crippen LogP contribution < -0.4 is 10.6 Å². The molecule has 2 N–H and O–H groups in total. The number of para-hydroxylation sites is 1. The van der Waals surface area contributed by atoms with Gasteiger partial charge in [0.25, 0.3) is 11.8 Å². The van der Waals surface area contributed by atoms with Crippen molar-refractivity contribution >= 4 is 33.4 Å². The smallest absolute Gasteiger partial charge is 0.256 e. The van der Waals surface area contributed by atoms with Crippen LogP contribution in [0.3, 0.4) is 0 Å².